The van der Waals surface area contributed by atoms with Gasteiger partial charge in [0.15, 0.2) is 11.3 Å². The summed E-state index contributed by atoms with van der Waals surface area (Å²) in [5, 5.41) is 5.28. The van der Waals surface area contributed by atoms with Crippen LogP contribution in [0.1, 0.15) is 26.3 Å². The van der Waals surface area contributed by atoms with Crippen molar-refractivity contribution in [2.24, 2.45) is 0 Å². The Kier molecular flexibility index (Phi) is 3.39. The summed E-state index contributed by atoms with van der Waals surface area (Å²) in [7, 11) is 0. The van der Waals surface area contributed by atoms with Crippen molar-refractivity contribution in [3.63, 3.8) is 0 Å². The molecule has 0 atom stereocenters. The molecule has 5 nitrogen and oxygen atoms in total. The number of hydrogen-bond donors (Lipinski definition) is 0. The van der Waals surface area contributed by atoms with Crippen LogP contribution in [-0.4, -0.2) is 19.6 Å². The summed E-state index contributed by atoms with van der Waals surface area (Å²) in [6.45, 7) is 6.47. The predicted octanol–water partition coefficient (Wildman–Crippen LogP) is 3.60. The molecular weight excluding hydrogens is 312 g/mol. The van der Waals surface area contributed by atoms with Crippen molar-refractivity contribution < 1.29 is 0 Å². The van der Waals surface area contributed by atoms with Gasteiger partial charge in [-0.15, -0.1) is 0 Å². The molecule has 0 aliphatic heterocycles. The molecule has 0 unspecified atom stereocenters. The Morgan fingerprint density at radius 3 is 2.40 bits per heavy atom. The second-order valence-corrected chi connectivity index (χ2v) is 7.12. The third-order valence-electron chi connectivity index (χ3n) is 4.31. The lowest BCUT2D eigenvalue weighted by Gasteiger charge is -2.19. The highest BCUT2D eigenvalue weighted by atomic mass is 16.1. The topological polar surface area (TPSA) is 60.1 Å². The first-order valence-corrected chi connectivity index (χ1v) is 8.19. The van der Waals surface area contributed by atoms with E-state index in [-0.39, 0.29) is 11.0 Å². The number of para-hydroxylation sites is 1. The van der Waals surface area contributed by atoms with Crippen molar-refractivity contribution in [3.05, 3.63) is 70.8 Å². The maximum absolute atomic E-state index is 12.6. The summed E-state index contributed by atoms with van der Waals surface area (Å²) in [4.78, 5) is 21.2. The van der Waals surface area contributed by atoms with Crippen LogP contribution in [-0.2, 0) is 5.41 Å². The molecule has 2 heterocycles. The first-order chi connectivity index (χ1) is 11.9. The van der Waals surface area contributed by atoms with Gasteiger partial charge in [0.2, 0.25) is 0 Å². The summed E-state index contributed by atoms with van der Waals surface area (Å²) in [6, 6.07) is 15.5. The van der Waals surface area contributed by atoms with Crippen molar-refractivity contribution in [2.45, 2.75) is 26.2 Å². The van der Waals surface area contributed by atoms with Gasteiger partial charge in [-0.1, -0.05) is 57.2 Å². The van der Waals surface area contributed by atoms with Crippen LogP contribution in [0.5, 0.6) is 0 Å². The highest BCUT2D eigenvalue weighted by molar-refractivity contribution is 5.90. The lowest BCUT2D eigenvalue weighted by molar-refractivity contribution is 0.590. The summed E-state index contributed by atoms with van der Waals surface area (Å²) in [5.41, 5.74) is 3.33. The minimum atomic E-state index is -0.333. The molecule has 0 radical (unpaired) electrons. The first-order valence-electron chi connectivity index (χ1n) is 8.19. The second-order valence-electron chi connectivity index (χ2n) is 7.12. The molecule has 0 bridgehead atoms. The Labute approximate surface area is 145 Å². The van der Waals surface area contributed by atoms with Crippen molar-refractivity contribution in [1.82, 2.24) is 19.6 Å². The molecule has 0 N–H and O–H groups in total. The summed E-state index contributed by atoms with van der Waals surface area (Å²) in [5.74, 6) is 0. The minimum absolute atomic E-state index is 0.0610. The number of fused-ring (bicyclic) bond motifs is 3. The van der Waals surface area contributed by atoms with Crippen LogP contribution >= 0.6 is 0 Å². The zero-order chi connectivity index (χ0) is 17.6. The maximum atomic E-state index is 12.6. The Bertz CT molecular complexity index is 1140. The Morgan fingerprint density at radius 1 is 0.960 bits per heavy atom. The fraction of sp³-hybridized carbons (Fsp3) is 0.200. The van der Waals surface area contributed by atoms with E-state index in [4.69, 9.17) is 0 Å². The lowest BCUT2D eigenvalue weighted by Crippen LogP contribution is -2.16. The fourth-order valence-corrected chi connectivity index (χ4v) is 2.86. The van der Waals surface area contributed by atoms with Crippen LogP contribution < -0.4 is 5.56 Å². The van der Waals surface area contributed by atoms with Gasteiger partial charge in [-0.05, 0) is 23.1 Å². The zero-order valence-corrected chi connectivity index (χ0v) is 14.4. The van der Waals surface area contributed by atoms with E-state index >= 15 is 0 Å². The van der Waals surface area contributed by atoms with Gasteiger partial charge in [-0.3, -0.25) is 4.79 Å². The van der Waals surface area contributed by atoms with Crippen LogP contribution in [0.3, 0.4) is 0 Å². The van der Waals surface area contributed by atoms with Crippen molar-refractivity contribution >= 4 is 16.6 Å². The maximum Gasteiger partial charge on any atom is 0.300 e. The normalized spacial score (nSPS) is 12.0. The summed E-state index contributed by atoms with van der Waals surface area (Å²) in [6.07, 6.45) is 1.59. The van der Waals surface area contributed by atoms with Crippen molar-refractivity contribution in [2.75, 3.05) is 0 Å². The Balaban J connectivity index is 1.90. The van der Waals surface area contributed by atoms with Crippen LogP contribution in [0.15, 0.2) is 59.7 Å². The first kappa shape index (κ1) is 15.4. The number of aromatic nitrogens is 4. The Hall–Kier alpha value is -3.08. The molecule has 0 aliphatic carbocycles. The third kappa shape index (κ3) is 2.67. The van der Waals surface area contributed by atoms with E-state index < -0.39 is 0 Å². The molecular formula is C20H18N4O. The second kappa shape index (κ2) is 5.48. The van der Waals surface area contributed by atoms with E-state index in [1.165, 1.54) is 5.56 Å². The van der Waals surface area contributed by atoms with Gasteiger partial charge in [0.1, 0.15) is 6.33 Å². The molecule has 0 aliphatic rings. The molecule has 4 rings (SSSR count). The van der Waals surface area contributed by atoms with E-state index in [9.17, 15) is 4.79 Å². The number of hydrogen-bond acceptors (Lipinski definition) is 4. The van der Waals surface area contributed by atoms with Gasteiger partial charge in [0.05, 0.1) is 5.52 Å². The molecule has 0 amide bonds. The molecule has 2 aromatic heterocycles. The number of nitrogens with zero attached hydrogens (tertiary/aromatic N) is 4. The smallest absolute Gasteiger partial charge is 0.265 e. The summed E-state index contributed by atoms with van der Waals surface area (Å²) < 4.78 is 1.57. The molecule has 5 heteroatoms. The van der Waals surface area contributed by atoms with E-state index in [1.54, 1.807) is 10.8 Å². The number of benzene rings is 2. The average molecular weight is 330 g/mol. The van der Waals surface area contributed by atoms with Crippen LogP contribution in [0.25, 0.3) is 27.8 Å². The van der Waals surface area contributed by atoms with Crippen molar-refractivity contribution in [3.8, 4) is 11.3 Å². The number of rotatable bonds is 1. The van der Waals surface area contributed by atoms with Gasteiger partial charge >= 0.3 is 0 Å². The summed E-state index contributed by atoms with van der Waals surface area (Å²) >= 11 is 0. The molecule has 0 spiro atoms. The molecule has 25 heavy (non-hydrogen) atoms. The highest BCUT2D eigenvalue weighted by Gasteiger charge is 2.15. The molecule has 4 aromatic rings. The molecule has 0 saturated carbocycles. The zero-order valence-electron chi connectivity index (χ0n) is 14.4. The average Bonchev–Trinajstić information content (AvgIpc) is 2.60. The van der Waals surface area contributed by atoms with Gasteiger partial charge in [-0.2, -0.15) is 10.1 Å². The van der Waals surface area contributed by atoms with Gasteiger partial charge in [0, 0.05) is 10.9 Å². The van der Waals surface area contributed by atoms with Crippen molar-refractivity contribution in [1.29, 1.82) is 0 Å². The monoisotopic (exact) mass is 330 g/mol. The van der Waals surface area contributed by atoms with Crippen LogP contribution in [0, 0.1) is 0 Å². The fourth-order valence-electron chi connectivity index (χ4n) is 2.86. The standard InChI is InChI=1S/C20H18N4O/c1-20(2,3)14-10-8-13(9-11-14)17-19(25)22-18-15-6-4-5-7-16(15)21-12-24(18)23-17/h4-12H,1-3H3. The Morgan fingerprint density at radius 2 is 1.68 bits per heavy atom. The molecule has 2 aromatic carbocycles. The molecule has 0 fully saturated rings. The van der Waals surface area contributed by atoms with Crippen LogP contribution in [0.4, 0.5) is 0 Å². The van der Waals surface area contributed by atoms with E-state index in [0.29, 0.717) is 11.3 Å². The molecule has 124 valence electrons. The van der Waals surface area contributed by atoms with E-state index in [1.807, 2.05) is 48.5 Å². The van der Waals surface area contributed by atoms with Gasteiger partial charge in [-0.25, -0.2) is 9.50 Å². The van der Waals surface area contributed by atoms with E-state index in [0.717, 1.165) is 16.5 Å². The van der Waals surface area contributed by atoms with Gasteiger partial charge < -0.3 is 0 Å². The van der Waals surface area contributed by atoms with E-state index in [2.05, 4.69) is 35.8 Å². The molecule has 0 saturated heterocycles. The third-order valence-corrected chi connectivity index (χ3v) is 4.31. The highest BCUT2D eigenvalue weighted by Crippen LogP contribution is 2.24. The lowest BCUT2D eigenvalue weighted by atomic mass is 9.86. The minimum Gasteiger partial charge on any atom is -0.265 e. The van der Waals surface area contributed by atoms with Gasteiger partial charge in [0.25, 0.3) is 5.56 Å². The quantitative estimate of drug-likeness (QED) is 0.500. The largest absolute Gasteiger partial charge is 0.300 e. The van der Waals surface area contributed by atoms with Crippen LogP contribution in [0.2, 0.25) is 0 Å². The SMILES string of the molecule is CC(C)(C)c1ccc(-c2nn3cnc4ccccc4c3nc2=O)cc1. The predicted molar refractivity (Wildman–Crippen MR) is 98.7 cm³/mol.